The molecule has 1 atom stereocenters. The number of hydrogen-bond donors (Lipinski definition) is 0. The van der Waals surface area contributed by atoms with Crippen molar-refractivity contribution in [1.29, 1.82) is 0 Å². The topological polar surface area (TPSA) is 66.1 Å². The van der Waals surface area contributed by atoms with Gasteiger partial charge in [0, 0.05) is 36.5 Å². The van der Waals surface area contributed by atoms with Gasteiger partial charge in [-0.1, -0.05) is 30.3 Å². The molecule has 1 saturated heterocycles. The molecule has 3 aromatic rings. The molecule has 6 nitrogen and oxygen atoms in total. The Kier molecular flexibility index (Phi) is 4.87. The first-order valence-corrected chi connectivity index (χ1v) is 12.2. The van der Waals surface area contributed by atoms with Gasteiger partial charge in [0.15, 0.2) is 0 Å². The fraction of sp³-hybridized carbons (Fsp3) is 0.393. The quantitative estimate of drug-likeness (QED) is 0.559. The summed E-state index contributed by atoms with van der Waals surface area (Å²) in [5.41, 5.74) is 3.26. The number of carbonyl (C=O) groups is 2. The largest absolute Gasteiger partial charge is 0.464 e. The average molecular weight is 456 g/mol. The molecule has 2 aromatic carbocycles. The number of amides is 2. The number of nitrogens with zero attached hydrogens (tertiary/aromatic N) is 3. The van der Waals surface area contributed by atoms with Gasteiger partial charge in [0.25, 0.3) is 5.91 Å². The summed E-state index contributed by atoms with van der Waals surface area (Å²) in [5.74, 6) is 1.60. The van der Waals surface area contributed by atoms with Crippen molar-refractivity contribution >= 4 is 28.6 Å². The zero-order chi connectivity index (χ0) is 23.4. The summed E-state index contributed by atoms with van der Waals surface area (Å²) in [7, 11) is 0. The van der Waals surface area contributed by atoms with Crippen molar-refractivity contribution in [2.24, 2.45) is 16.8 Å². The second kappa shape index (κ2) is 7.83. The smallest absolute Gasteiger partial charge is 0.255 e. The summed E-state index contributed by atoms with van der Waals surface area (Å²) >= 11 is 0. The van der Waals surface area contributed by atoms with Crippen molar-refractivity contribution in [3.63, 3.8) is 0 Å². The van der Waals surface area contributed by atoms with Gasteiger partial charge < -0.3 is 9.32 Å². The Morgan fingerprint density at radius 2 is 1.76 bits per heavy atom. The summed E-state index contributed by atoms with van der Waals surface area (Å²) in [5, 5.41) is 1.08. The molecular weight excluding hydrogens is 426 g/mol. The van der Waals surface area contributed by atoms with Gasteiger partial charge in [0.05, 0.1) is 6.26 Å². The number of fused-ring (bicyclic) bond motifs is 1. The Bertz CT molecular complexity index is 1300. The monoisotopic (exact) mass is 455 g/mol. The molecule has 6 rings (SSSR count). The predicted molar refractivity (Wildman–Crippen MR) is 131 cm³/mol. The maximum Gasteiger partial charge on any atom is 0.255 e. The molecule has 2 aliphatic heterocycles. The van der Waals surface area contributed by atoms with E-state index >= 15 is 0 Å². The molecule has 0 spiro atoms. The summed E-state index contributed by atoms with van der Waals surface area (Å²) in [6, 6.07) is 16.4. The van der Waals surface area contributed by atoms with Crippen molar-refractivity contribution in [3.8, 4) is 11.1 Å². The lowest BCUT2D eigenvalue weighted by Crippen LogP contribution is -2.42. The molecule has 1 aliphatic carbocycles. The van der Waals surface area contributed by atoms with Gasteiger partial charge in [-0.15, -0.1) is 0 Å². The zero-order valence-electron chi connectivity index (χ0n) is 19.7. The second-order valence-corrected chi connectivity index (χ2v) is 10.4. The van der Waals surface area contributed by atoms with Crippen molar-refractivity contribution in [1.82, 2.24) is 9.80 Å². The van der Waals surface area contributed by atoms with Crippen LogP contribution in [-0.2, 0) is 9.59 Å². The minimum Gasteiger partial charge on any atom is -0.464 e. The van der Waals surface area contributed by atoms with Crippen molar-refractivity contribution in [3.05, 3.63) is 60.4 Å². The van der Waals surface area contributed by atoms with Gasteiger partial charge in [-0.25, -0.2) is 0 Å². The Morgan fingerprint density at radius 1 is 1.03 bits per heavy atom. The molecule has 2 fully saturated rings. The van der Waals surface area contributed by atoms with E-state index in [4.69, 9.17) is 9.41 Å². The summed E-state index contributed by atoms with van der Waals surface area (Å²) < 4.78 is 5.45. The molecule has 2 amide bonds. The van der Waals surface area contributed by atoms with Crippen LogP contribution in [0.4, 0.5) is 0 Å². The maximum absolute atomic E-state index is 13.2. The van der Waals surface area contributed by atoms with Crippen LogP contribution in [-0.4, -0.2) is 52.6 Å². The summed E-state index contributed by atoms with van der Waals surface area (Å²) in [6.45, 7) is 5.90. The molecule has 0 bridgehead atoms. The van der Waals surface area contributed by atoms with Crippen molar-refractivity contribution in [2.45, 2.75) is 38.6 Å². The van der Waals surface area contributed by atoms with Gasteiger partial charge in [-0.2, -0.15) is 0 Å². The Labute approximate surface area is 199 Å². The lowest BCUT2D eigenvalue weighted by atomic mass is 10.0. The van der Waals surface area contributed by atoms with E-state index in [1.165, 1.54) is 0 Å². The molecule has 3 aliphatic rings. The lowest BCUT2D eigenvalue weighted by Gasteiger charge is -2.24. The Hall–Kier alpha value is -3.41. The first-order chi connectivity index (χ1) is 16.4. The first kappa shape index (κ1) is 21.1. The molecule has 3 heterocycles. The number of amidine groups is 1. The van der Waals surface area contributed by atoms with Crippen LogP contribution in [0.25, 0.3) is 22.1 Å². The van der Waals surface area contributed by atoms with Crippen LogP contribution in [0.15, 0.2) is 64.2 Å². The van der Waals surface area contributed by atoms with Crippen LogP contribution in [0.3, 0.4) is 0 Å². The Morgan fingerprint density at radius 3 is 2.53 bits per heavy atom. The van der Waals surface area contributed by atoms with Crippen LogP contribution >= 0.6 is 0 Å². The molecule has 0 N–H and O–H groups in total. The number of benzene rings is 2. The number of carbonyl (C=O) groups excluding carboxylic acids is 2. The summed E-state index contributed by atoms with van der Waals surface area (Å²) in [4.78, 5) is 34.4. The third-order valence-electron chi connectivity index (χ3n) is 7.30. The molecule has 1 aromatic heterocycles. The fourth-order valence-electron chi connectivity index (χ4n) is 5.18. The van der Waals surface area contributed by atoms with Crippen LogP contribution in [0.2, 0.25) is 0 Å². The van der Waals surface area contributed by atoms with E-state index in [0.717, 1.165) is 65.8 Å². The van der Waals surface area contributed by atoms with Gasteiger partial charge in [0.1, 0.15) is 17.0 Å². The SMILES string of the molecule is CC1(C)N=C(c2ccc(-c3ccc4occc4c3)cc2)N(C[C@@H]2CCN(C(=O)C3CC3)C2)C1=O. The number of hydrogen-bond acceptors (Lipinski definition) is 4. The lowest BCUT2D eigenvalue weighted by molar-refractivity contribution is -0.131. The molecule has 1 saturated carbocycles. The second-order valence-electron chi connectivity index (χ2n) is 10.4. The van der Waals surface area contributed by atoms with E-state index in [-0.39, 0.29) is 17.7 Å². The van der Waals surface area contributed by atoms with E-state index in [2.05, 4.69) is 24.3 Å². The van der Waals surface area contributed by atoms with E-state index in [1.807, 2.05) is 47.9 Å². The van der Waals surface area contributed by atoms with E-state index in [0.29, 0.717) is 12.5 Å². The molecule has 34 heavy (non-hydrogen) atoms. The number of rotatable bonds is 5. The maximum atomic E-state index is 13.2. The number of aliphatic imine (C=N–C) groups is 1. The highest BCUT2D eigenvalue weighted by molar-refractivity contribution is 6.15. The number of likely N-dealkylation sites (tertiary alicyclic amines) is 1. The van der Waals surface area contributed by atoms with Crippen LogP contribution in [0.5, 0.6) is 0 Å². The van der Waals surface area contributed by atoms with Gasteiger partial charge in [0.2, 0.25) is 5.91 Å². The molecule has 0 radical (unpaired) electrons. The standard InChI is InChI=1S/C28H29N3O3/c1-28(2)27(33)31(17-18-11-13-30(16-18)26(32)21-7-8-21)25(29-28)20-5-3-19(4-6-20)22-9-10-24-23(15-22)12-14-34-24/h3-6,9-10,12,14-15,18,21H,7-8,11,13,16-17H2,1-2H3/t18-/m1/s1. The van der Waals surface area contributed by atoms with Crippen LogP contribution in [0, 0.1) is 11.8 Å². The highest BCUT2D eigenvalue weighted by Gasteiger charge is 2.43. The highest BCUT2D eigenvalue weighted by Crippen LogP contribution is 2.34. The fourth-order valence-corrected chi connectivity index (χ4v) is 5.18. The molecular formula is C28H29N3O3. The van der Waals surface area contributed by atoms with Gasteiger partial charge in [-0.3, -0.25) is 19.5 Å². The third kappa shape index (κ3) is 3.71. The highest BCUT2D eigenvalue weighted by atomic mass is 16.3. The molecule has 174 valence electrons. The average Bonchev–Trinajstić information content (AvgIpc) is 3.31. The zero-order valence-corrected chi connectivity index (χ0v) is 19.7. The van der Waals surface area contributed by atoms with Crippen molar-refractivity contribution < 1.29 is 14.0 Å². The molecule has 0 unspecified atom stereocenters. The Balaban J connectivity index is 1.22. The minimum atomic E-state index is -0.775. The van der Waals surface area contributed by atoms with E-state index in [1.54, 1.807) is 6.26 Å². The first-order valence-electron chi connectivity index (χ1n) is 12.2. The third-order valence-corrected chi connectivity index (χ3v) is 7.30. The van der Waals surface area contributed by atoms with Crippen LogP contribution < -0.4 is 0 Å². The van der Waals surface area contributed by atoms with E-state index in [9.17, 15) is 9.59 Å². The number of furan rings is 1. The molecule has 6 heteroatoms. The van der Waals surface area contributed by atoms with Crippen LogP contribution in [0.1, 0.15) is 38.7 Å². The van der Waals surface area contributed by atoms with E-state index < -0.39 is 5.54 Å². The van der Waals surface area contributed by atoms with Crippen molar-refractivity contribution in [2.75, 3.05) is 19.6 Å². The normalized spacial score (nSPS) is 22.0. The van der Waals surface area contributed by atoms with Gasteiger partial charge in [-0.05, 0) is 68.4 Å². The predicted octanol–water partition coefficient (Wildman–Crippen LogP) is 4.73. The summed E-state index contributed by atoms with van der Waals surface area (Å²) in [6.07, 6.45) is 4.70. The minimum absolute atomic E-state index is 0.0314. The van der Waals surface area contributed by atoms with Gasteiger partial charge >= 0.3 is 0 Å².